The molecule has 0 bridgehead atoms. The number of hydrogen-bond acceptors (Lipinski definition) is 0. The minimum absolute atomic E-state index is 0.994. The SMILES string of the molecule is C/C=C\c1c(CC)ccc2c3cc(-c4ccc5c(c4)c4ccccc4n5-c4ccccc4)ccc3n(-c3ccccc3)c12. The first-order chi connectivity index (χ1) is 21.3. The smallest absolute Gasteiger partial charge is 0.0616 e. The molecule has 8 rings (SSSR count). The van der Waals surface area contributed by atoms with Crippen LogP contribution in [0, 0.1) is 0 Å². The average Bonchev–Trinajstić information content (AvgIpc) is 3.58. The van der Waals surface area contributed by atoms with Gasteiger partial charge in [0.1, 0.15) is 0 Å². The predicted molar refractivity (Wildman–Crippen MR) is 185 cm³/mol. The van der Waals surface area contributed by atoms with Gasteiger partial charge in [0.05, 0.1) is 22.1 Å². The number of hydrogen-bond donors (Lipinski definition) is 0. The van der Waals surface area contributed by atoms with Gasteiger partial charge in [0.2, 0.25) is 0 Å². The monoisotopic (exact) mass is 552 g/mol. The maximum Gasteiger partial charge on any atom is 0.0616 e. The predicted octanol–water partition coefficient (Wildman–Crippen LogP) is 11.1. The summed E-state index contributed by atoms with van der Waals surface area (Å²) < 4.78 is 4.82. The Morgan fingerprint density at radius 3 is 1.72 bits per heavy atom. The summed E-state index contributed by atoms with van der Waals surface area (Å²) in [5.74, 6) is 0. The molecule has 0 spiro atoms. The van der Waals surface area contributed by atoms with Crippen molar-refractivity contribution in [1.29, 1.82) is 0 Å². The van der Waals surface area contributed by atoms with E-state index in [1.165, 1.54) is 77.2 Å². The number of allylic oxidation sites excluding steroid dienone is 1. The van der Waals surface area contributed by atoms with Crippen molar-refractivity contribution in [1.82, 2.24) is 9.13 Å². The van der Waals surface area contributed by atoms with Crippen LogP contribution in [-0.2, 0) is 6.42 Å². The Balaban J connectivity index is 1.39. The highest BCUT2D eigenvalue weighted by Gasteiger charge is 2.18. The first kappa shape index (κ1) is 25.4. The standard InChI is InChI=1S/C41H32N2/c1-3-13-33-28(4-2)20-23-35-37-27-30(22-25-40(37)43(41(33)35)32-16-9-6-10-17-32)29-21-24-39-36(26-29)34-18-11-12-19-38(34)42(39)31-14-7-5-8-15-31/h3,5-27H,4H2,1-2H3/b13-3-. The van der Waals surface area contributed by atoms with Crippen molar-refractivity contribution in [3.63, 3.8) is 0 Å². The summed E-state index contributed by atoms with van der Waals surface area (Å²) in [5.41, 5.74) is 12.4. The molecule has 0 radical (unpaired) electrons. The van der Waals surface area contributed by atoms with Gasteiger partial charge in [-0.05, 0) is 84.6 Å². The fraction of sp³-hybridized carbons (Fsp3) is 0.0732. The molecule has 0 unspecified atom stereocenters. The summed E-state index contributed by atoms with van der Waals surface area (Å²) >= 11 is 0. The molecule has 6 aromatic carbocycles. The topological polar surface area (TPSA) is 9.86 Å². The van der Waals surface area contributed by atoms with Gasteiger partial charge < -0.3 is 9.13 Å². The van der Waals surface area contributed by atoms with E-state index < -0.39 is 0 Å². The highest BCUT2D eigenvalue weighted by Crippen LogP contribution is 2.40. The molecule has 2 heterocycles. The van der Waals surface area contributed by atoms with Crippen molar-refractivity contribution in [3.05, 3.63) is 151 Å². The van der Waals surface area contributed by atoms with E-state index in [4.69, 9.17) is 0 Å². The minimum atomic E-state index is 0.994. The first-order valence-corrected chi connectivity index (χ1v) is 15.1. The summed E-state index contributed by atoms with van der Waals surface area (Å²) in [4.78, 5) is 0. The molecular formula is C41H32N2. The Kier molecular flexibility index (Phi) is 6.01. The third kappa shape index (κ3) is 3.94. The van der Waals surface area contributed by atoms with Gasteiger partial charge in [-0.15, -0.1) is 0 Å². The van der Waals surface area contributed by atoms with Gasteiger partial charge in [0, 0.05) is 38.5 Å². The van der Waals surface area contributed by atoms with Gasteiger partial charge in [-0.2, -0.15) is 0 Å². The summed E-state index contributed by atoms with van der Waals surface area (Å²) in [6.07, 6.45) is 5.43. The molecule has 2 heteroatoms. The zero-order valence-corrected chi connectivity index (χ0v) is 24.5. The number of benzene rings is 6. The van der Waals surface area contributed by atoms with Gasteiger partial charge in [-0.3, -0.25) is 0 Å². The van der Waals surface area contributed by atoms with Crippen LogP contribution in [0.25, 0.3) is 72.2 Å². The molecular weight excluding hydrogens is 520 g/mol. The molecule has 43 heavy (non-hydrogen) atoms. The van der Waals surface area contributed by atoms with Gasteiger partial charge in [-0.1, -0.05) is 97.9 Å². The maximum absolute atomic E-state index is 2.44. The van der Waals surface area contributed by atoms with E-state index in [-0.39, 0.29) is 0 Å². The Morgan fingerprint density at radius 1 is 0.512 bits per heavy atom. The number of aromatic nitrogens is 2. The summed E-state index contributed by atoms with van der Waals surface area (Å²) in [6.45, 7) is 4.35. The molecule has 8 aromatic rings. The van der Waals surface area contributed by atoms with Crippen molar-refractivity contribution >= 4 is 49.7 Å². The molecule has 0 saturated heterocycles. The zero-order chi connectivity index (χ0) is 28.9. The molecule has 0 amide bonds. The average molecular weight is 553 g/mol. The second-order valence-corrected chi connectivity index (χ2v) is 11.2. The highest BCUT2D eigenvalue weighted by molar-refractivity contribution is 6.14. The number of nitrogens with zero attached hydrogens (tertiary/aromatic N) is 2. The normalized spacial score (nSPS) is 12.0. The number of aryl methyl sites for hydroxylation is 1. The van der Waals surface area contributed by atoms with E-state index in [0.717, 1.165) is 6.42 Å². The van der Waals surface area contributed by atoms with Crippen LogP contribution in [0.15, 0.2) is 140 Å². The van der Waals surface area contributed by atoms with Crippen LogP contribution >= 0.6 is 0 Å². The largest absolute Gasteiger partial charge is 0.309 e. The van der Waals surface area contributed by atoms with Crippen LogP contribution in [0.5, 0.6) is 0 Å². The van der Waals surface area contributed by atoms with E-state index >= 15 is 0 Å². The Bertz CT molecular complexity index is 2320. The number of para-hydroxylation sites is 3. The maximum atomic E-state index is 2.44. The van der Waals surface area contributed by atoms with Crippen LogP contribution < -0.4 is 0 Å². The lowest BCUT2D eigenvalue weighted by Gasteiger charge is -2.12. The van der Waals surface area contributed by atoms with Gasteiger partial charge in [-0.25, -0.2) is 0 Å². The molecule has 2 aromatic heterocycles. The van der Waals surface area contributed by atoms with Crippen molar-refractivity contribution < 1.29 is 0 Å². The minimum Gasteiger partial charge on any atom is -0.309 e. The molecule has 0 fully saturated rings. The van der Waals surface area contributed by atoms with Crippen LogP contribution in [0.4, 0.5) is 0 Å². The Labute approximate surface area is 251 Å². The molecule has 0 atom stereocenters. The van der Waals surface area contributed by atoms with E-state index in [2.05, 4.69) is 169 Å². The second kappa shape index (κ2) is 10.2. The molecule has 0 saturated carbocycles. The van der Waals surface area contributed by atoms with E-state index in [0.29, 0.717) is 0 Å². The van der Waals surface area contributed by atoms with Crippen LogP contribution in [0.1, 0.15) is 25.0 Å². The van der Waals surface area contributed by atoms with Crippen LogP contribution in [-0.4, -0.2) is 9.13 Å². The zero-order valence-electron chi connectivity index (χ0n) is 24.5. The third-order valence-electron chi connectivity index (χ3n) is 8.81. The number of rotatable bonds is 5. The van der Waals surface area contributed by atoms with Crippen molar-refractivity contribution in [3.8, 4) is 22.5 Å². The van der Waals surface area contributed by atoms with Crippen molar-refractivity contribution in [2.75, 3.05) is 0 Å². The summed E-state index contributed by atoms with van der Waals surface area (Å²) in [7, 11) is 0. The highest BCUT2D eigenvalue weighted by atomic mass is 15.0. The van der Waals surface area contributed by atoms with E-state index in [1.807, 2.05) is 0 Å². The lowest BCUT2D eigenvalue weighted by molar-refractivity contribution is 1.12. The Hall–Kier alpha value is -5.34. The van der Waals surface area contributed by atoms with E-state index in [1.54, 1.807) is 0 Å². The first-order valence-electron chi connectivity index (χ1n) is 15.1. The lowest BCUT2D eigenvalue weighted by atomic mass is 9.98. The quantitative estimate of drug-likeness (QED) is 0.201. The van der Waals surface area contributed by atoms with Crippen molar-refractivity contribution in [2.45, 2.75) is 20.3 Å². The summed E-state index contributed by atoms with van der Waals surface area (Å²) in [6, 6.07) is 48.7. The molecule has 206 valence electrons. The van der Waals surface area contributed by atoms with Gasteiger partial charge in [0.25, 0.3) is 0 Å². The molecule has 0 aliphatic carbocycles. The van der Waals surface area contributed by atoms with Crippen molar-refractivity contribution in [2.24, 2.45) is 0 Å². The van der Waals surface area contributed by atoms with Crippen LogP contribution in [0.2, 0.25) is 0 Å². The fourth-order valence-corrected chi connectivity index (χ4v) is 6.87. The molecule has 0 N–H and O–H groups in total. The molecule has 0 aliphatic rings. The lowest BCUT2D eigenvalue weighted by Crippen LogP contribution is -1.97. The third-order valence-corrected chi connectivity index (χ3v) is 8.81. The molecule has 0 aliphatic heterocycles. The van der Waals surface area contributed by atoms with E-state index in [9.17, 15) is 0 Å². The van der Waals surface area contributed by atoms with Gasteiger partial charge >= 0.3 is 0 Å². The van der Waals surface area contributed by atoms with Gasteiger partial charge in [0.15, 0.2) is 0 Å². The fourth-order valence-electron chi connectivity index (χ4n) is 6.87. The number of fused-ring (bicyclic) bond motifs is 6. The Morgan fingerprint density at radius 2 is 1.07 bits per heavy atom. The second-order valence-electron chi connectivity index (χ2n) is 11.2. The summed E-state index contributed by atoms with van der Waals surface area (Å²) in [5, 5.41) is 5.10. The van der Waals surface area contributed by atoms with Crippen LogP contribution in [0.3, 0.4) is 0 Å². The molecule has 2 nitrogen and oxygen atoms in total.